The van der Waals surface area contributed by atoms with E-state index in [2.05, 4.69) is 4.74 Å². The molecule has 1 saturated carbocycles. The third kappa shape index (κ3) is 1.28. The molecule has 1 aliphatic rings. The van der Waals surface area contributed by atoms with Crippen LogP contribution in [0.1, 0.15) is 5.56 Å². The maximum absolute atomic E-state index is 13.2. The van der Waals surface area contributed by atoms with Crippen LogP contribution in [0.5, 0.6) is 5.75 Å². The van der Waals surface area contributed by atoms with Crippen molar-refractivity contribution in [1.29, 1.82) is 0 Å². The fraction of sp³-hybridized carbons (Fsp3) is 0.400. The van der Waals surface area contributed by atoms with Gasteiger partial charge in [0.2, 0.25) is 5.82 Å². The molecule has 1 nitrogen and oxygen atoms in total. The average molecular weight is 274 g/mol. The minimum absolute atomic E-state index is 0.288. The van der Waals surface area contributed by atoms with E-state index in [1.165, 1.54) is 0 Å². The van der Waals surface area contributed by atoms with Gasteiger partial charge in [-0.2, -0.15) is 26.3 Å². The van der Waals surface area contributed by atoms with Crippen LogP contribution in [0.3, 0.4) is 0 Å². The van der Waals surface area contributed by atoms with Crippen molar-refractivity contribution in [2.75, 3.05) is 0 Å². The van der Waals surface area contributed by atoms with Gasteiger partial charge in [-0.1, -0.05) is 6.07 Å². The van der Waals surface area contributed by atoms with E-state index < -0.39 is 35.1 Å². The highest BCUT2D eigenvalue weighted by atomic mass is 19.3. The Morgan fingerprint density at radius 1 is 0.944 bits per heavy atom. The predicted octanol–water partition coefficient (Wildman–Crippen LogP) is 3.60. The Hall–Kier alpha value is -1.47. The third-order valence-electron chi connectivity index (χ3n) is 2.63. The molecule has 0 aliphatic heterocycles. The standard InChI is InChI=1S/C10H5F7O/c1-4-2-3-5(11)6(12)7(4)18-10(17)8(13,14)9(10,15)16/h2-3H,1H3. The molecule has 0 spiro atoms. The minimum atomic E-state index is -5.08. The van der Waals surface area contributed by atoms with Gasteiger partial charge in [0, 0.05) is 0 Å². The van der Waals surface area contributed by atoms with Crippen LogP contribution in [0.2, 0.25) is 0 Å². The molecular formula is C10H5F7O. The Morgan fingerprint density at radius 2 is 1.44 bits per heavy atom. The number of rotatable bonds is 2. The number of benzene rings is 1. The van der Waals surface area contributed by atoms with E-state index in [4.69, 9.17) is 0 Å². The second kappa shape index (κ2) is 3.30. The molecule has 0 radical (unpaired) electrons. The van der Waals surface area contributed by atoms with E-state index in [-0.39, 0.29) is 5.56 Å². The summed E-state index contributed by atoms with van der Waals surface area (Å²) in [5.74, 6) is -19.4. The van der Waals surface area contributed by atoms with Crippen molar-refractivity contribution in [1.82, 2.24) is 0 Å². The van der Waals surface area contributed by atoms with Crippen LogP contribution in [0.15, 0.2) is 12.1 Å². The smallest absolute Gasteiger partial charge is 0.392 e. The van der Waals surface area contributed by atoms with Crippen LogP contribution in [-0.2, 0) is 0 Å². The first-order chi connectivity index (χ1) is 8.06. The summed E-state index contributed by atoms with van der Waals surface area (Å²) in [7, 11) is 0. The summed E-state index contributed by atoms with van der Waals surface area (Å²) in [5.41, 5.74) is -0.288. The van der Waals surface area contributed by atoms with Crippen molar-refractivity contribution in [3.8, 4) is 5.75 Å². The molecule has 1 aromatic rings. The number of hydrogen-bond donors (Lipinski definition) is 0. The second-order valence-corrected chi connectivity index (χ2v) is 3.85. The Labute approximate surface area is 96.2 Å². The van der Waals surface area contributed by atoms with Crippen molar-refractivity contribution < 1.29 is 35.5 Å². The van der Waals surface area contributed by atoms with E-state index in [9.17, 15) is 30.7 Å². The van der Waals surface area contributed by atoms with Crippen molar-refractivity contribution in [2.24, 2.45) is 0 Å². The third-order valence-corrected chi connectivity index (χ3v) is 2.63. The van der Waals surface area contributed by atoms with Crippen molar-refractivity contribution in [3.63, 3.8) is 0 Å². The molecule has 8 heteroatoms. The van der Waals surface area contributed by atoms with Crippen molar-refractivity contribution in [2.45, 2.75) is 24.6 Å². The molecule has 0 amide bonds. The molecule has 1 aromatic carbocycles. The SMILES string of the molecule is Cc1ccc(F)c(F)c1OC1(F)C(F)(F)C1(F)F. The molecular weight excluding hydrogens is 269 g/mol. The quantitative estimate of drug-likeness (QED) is 0.749. The Balaban J connectivity index is 2.41. The van der Waals surface area contributed by atoms with Gasteiger partial charge in [0.15, 0.2) is 11.6 Å². The van der Waals surface area contributed by atoms with Gasteiger partial charge >= 0.3 is 17.7 Å². The lowest BCUT2D eigenvalue weighted by molar-refractivity contribution is -0.0800. The molecule has 0 saturated heterocycles. The topological polar surface area (TPSA) is 9.23 Å². The number of hydrogen-bond acceptors (Lipinski definition) is 1. The van der Waals surface area contributed by atoms with E-state index in [0.29, 0.717) is 6.07 Å². The summed E-state index contributed by atoms with van der Waals surface area (Å²) in [6, 6.07) is 1.52. The summed E-state index contributed by atoms with van der Waals surface area (Å²) in [5, 5.41) is 0. The van der Waals surface area contributed by atoms with Gasteiger partial charge < -0.3 is 4.74 Å². The molecule has 0 heterocycles. The molecule has 18 heavy (non-hydrogen) atoms. The molecule has 0 unspecified atom stereocenters. The normalized spacial score (nSPS) is 22.7. The maximum Gasteiger partial charge on any atom is 0.392 e. The van der Waals surface area contributed by atoms with Crippen LogP contribution in [0.4, 0.5) is 30.7 Å². The first kappa shape index (κ1) is 13.0. The summed E-state index contributed by atoms with van der Waals surface area (Å²) in [6.07, 6.45) is 0. The van der Waals surface area contributed by atoms with Gasteiger partial charge in [-0.3, -0.25) is 0 Å². The molecule has 0 atom stereocenters. The average Bonchev–Trinajstić information content (AvgIpc) is 2.57. The monoisotopic (exact) mass is 274 g/mol. The Morgan fingerprint density at radius 3 is 1.89 bits per heavy atom. The number of ether oxygens (including phenoxy) is 1. The van der Waals surface area contributed by atoms with Crippen LogP contribution in [0.25, 0.3) is 0 Å². The van der Waals surface area contributed by atoms with Gasteiger partial charge in [0.05, 0.1) is 0 Å². The number of alkyl halides is 5. The maximum atomic E-state index is 13.2. The zero-order chi connectivity index (χ0) is 13.9. The van der Waals surface area contributed by atoms with Crippen LogP contribution in [0, 0.1) is 18.6 Å². The van der Waals surface area contributed by atoms with E-state index in [1.807, 2.05) is 0 Å². The zero-order valence-electron chi connectivity index (χ0n) is 8.71. The number of aryl methyl sites for hydroxylation is 1. The van der Waals surface area contributed by atoms with Gasteiger partial charge in [0.25, 0.3) is 0 Å². The molecule has 2 rings (SSSR count). The van der Waals surface area contributed by atoms with Gasteiger partial charge in [0.1, 0.15) is 0 Å². The summed E-state index contributed by atoms with van der Waals surface area (Å²) in [6.45, 7) is 1.07. The van der Waals surface area contributed by atoms with Gasteiger partial charge in [-0.05, 0) is 18.6 Å². The first-order valence-electron chi connectivity index (χ1n) is 4.64. The van der Waals surface area contributed by atoms with E-state index in [1.54, 1.807) is 0 Å². The molecule has 1 aliphatic carbocycles. The molecule has 0 bridgehead atoms. The van der Waals surface area contributed by atoms with Crippen LogP contribution in [-0.4, -0.2) is 17.7 Å². The summed E-state index contributed by atoms with van der Waals surface area (Å²) >= 11 is 0. The second-order valence-electron chi connectivity index (χ2n) is 3.85. The van der Waals surface area contributed by atoms with Crippen LogP contribution >= 0.6 is 0 Å². The lowest BCUT2D eigenvalue weighted by Gasteiger charge is -2.13. The molecule has 0 aromatic heterocycles. The number of halogens is 7. The largest absolute Gasteiger partial charge is 0.444 e. The van der Waals surface area contributed by atoms with Gasteiger partial charge in [-0.25, -0.2) is 4.39 Å². The summed E-state index contributed by atoms with van der Waals surface area (Å²) < 4.78 is 93.0. The Bertz CT molecular complexity index is 497. The highest BCUT2D eigenvalue weighted by molar-refractivity contribution is 5.38. The van der Waals surface area contributed by atoms with E-state index in [0.717, 1.165) is 13.0 Å². The zero-order valence-corrected chi connectivity index (χ0v) is 8.71. The highest BCUT2D eigenvalue weighted by Gasteiger charge is 3.02. The lowest BCUT2D eigenvalue weighted by atomic mass is 10.2. The van der Waals surface area contributed by atoms with E-state index >= 15 is 0 Å². The predicted molar refractivity (Wildman–Crippen MR) is 45.5 cm³/mol. The fourth-order valence-corrected chi connectivity index (χ4v) is 1.39. The summed E-state index contributed by atoms with van der Waals surface area (Å²) in [4.78, 5) is 0. The lowest BCUT2D eigenvalue weighted by Crippen LogP contribution is -2.24. The minimum Gasteiger partial charge on any atom is -0.444 e. The van der Waals surface area contributed by atoms with Crippen LogP contribution < -0.4 is 4.74 Å². The highest BCUT2D eigenvalue weighted by Crippen LogP contribution is 2.68. The van der Waals surface area contributed by atoms with Gasteiger partial charge in [-0.15, -0.1) is 0 Å². The first-order valence-corrected chi connectivity index (χ1v) is 4.64. The fourth-order valence-electron chi connectivity index (χ4n) is 1.39. The molecule has 100 valence electrons. The molecule has 0 N–H and O–H groups in total. The Kier molecular flexibility index (Phi) is 2.38. The molecule has 1 fully saturated rings. The van der Waals surface area contributed by atoms with Crippen molar-refractivity contribution in [3.05, 3.63) is 29.3 Å². The van der Waals surface area contributed by atoms with Crippen molar-refractivity contribution >= 4 is 0 Å².